The molecule has 1 heterocycles. The third-order valence-electron chi connectivity index (χ3n) is 3.28. The first-order valence-corrected chi connectivity index (χ1v) is 6.92. The zero-order valence-electron chi connectivity index (χ0n) is 11.4. The van der Waals surface area contributed by atoms with E-state index < -0.39 is 0 Å². The Kier molecular flexibility index (Phi) is 3.50. The average Bonchev–Trinajstić information content (AvgIpc) is 2.49. The predicted octanol–water partition coefficient (Wildman–Crippen LogP) is 3.25. The molecule has 0 aliphatic rings. The highest BCUT2D eigenvalue weighted by Gasteiger charge is 2.03. The molecule has 0 aliphatic heterocycles. The Hall–Kier alpha value is -2.53. The SMILES string of the molecule is Cc1ccccc1/C=N/n1c(=S)[nH]c2ccccc2c1=O. The summed E-state index contributed by atoms with van der Waals surface area (Å²) in [7, 11) is 0. The Balaban J connectivity index is 2.16. The Morgan fingerprint density at radius 1 is 1.14 bits per heavy atom. The number of aromatic amines is 1. The molecule has 3 aromatic rings. The second kappa shape index (κ2) is 5.46. The smallest absolute Gasteiger partial charge is 0.282 e. The number of benzene rings is 2. The summed E-state index contributed by atoms with van der Waals surface area (Å²) in [5.74, 6) is 0. The first kappa shape index (κ1) is 13.5. The maximum Gasteiger partial charge on any atom is 0.282 e. The van der Waals surface area contributed by atoms with Crippen molar-refractivity contribution in [2.45, 2.75) is 6.92 Å². The topological polar surface area (TPSA) is 50.1 Å². The highest BCUT2D eigenvalue weighted by atomic mass is 32.1. The lowest BCUT2D eigenvalue weighted by molar-refractivity contribution is 0.799. The number of para-hydroxylation sites is 1. The van der Waals surface area contributed by atoms with Gasteiger partial charge in [-0.3, -0.25) is 4.79 Å². The molecule has 1 aromatic heterocycles. The summed E-state index contributed by atoms with van der Waals surface area (Å²) in [5.41, 5.74) is 2.53. The van der Waals surface area contributed by atoms with Gasteiger partial charge in [0.05, 0.1) is 17.1 Å². The number of nitrogens with one attached hydrogen (secondary N) is 1. The number of aromatic nitrogens is 2. The molecule has 0 saturated carbocycles. The second-order valence-electron chi connectivity index (χ2n) is 4.69. The molecule has 0 amide bonds. The van der Waals surface area contributed by atoms with Crippen LogP contribution in [-0.4, -0.2) is 15.9 Å². The van der Waals surface area contributed by atoms with Crippen LogP contribution in [0.3, 0.4) is 0 Å². The predicted molar refractivity (Wildman–Crippen MR) is 87.6 cm³/mol. The summed E-state index contributed by atoms with van der Waals surface area (Å²) >= 11 is 5.21. The number of H-pyrrole nitrogens is 1. The quantitative estimate of drug-likeness (QED) is 0.583. The largest absolute Gasteiger partial charge is 0.330 e. The monoisotopic (exact) mass is 295 g/mol. The van der Waals surface area contributed by atoms with Crippen LogP contribution in [0.4, 0.5) is 0 Å². The number of aryl methyl sites for hydroxylation is 1. The van der Waals surface area contributed by atoms with Crippen LogP contribution in [0.2, 0.25) is 0 Å². The van der Waals surface area contributed by atoms with E-state index in [1.165, 1.54) is 4.68 Å². The van der Waals surface area contributed by atoms with Gasteiger partial charge in [-0.25, -0.2) is 0 Å². The van der Waals surface area contributed by atoms with Crippen LogP contribution in [0.25, 0.3) is 10.9 Å². The van der Waals surface area contributed by atoms with E-state index in [-0.39, 0.29) is 10.3 Å². The lowest BCUT2D eigenvalue weighted by Crippen LogP contribution is -2.18. The molecule has 0 bridgehead atoms. The van der Waals surface area contributed by atoms with E-state index in [0.717, 1.165) is 16.6 Å². The molecule has 0 radical (unpaired) electrons. The molecule has 0 spiro atoms. The van der Waals surface area contributed by atoms with Gasteiger partial charge in [-0.1, -0.05) is 36.4 Å². The van der Waals surface area contributed by atoms with Gasteiger partial charge in [0.25, 0.3) is 5.56 Å². The van der Waals surface area contributed by atoms with Crippen molar-refractivity contribution in [2.75, 3.05) is 0 Å². The Labute approximate surface area is 126 Å². The van der Waals surface area contributed by atoms with Gasteiger partial charge in [-0.05, 0) is 42.4 Å². The van der Waals surface area contributed by atoms with Crippen molar-refractivity contribution in [1.29, 1.82) is 0 Å². The molecule has 21 heavy (non-hydrogen) atoms. The van der Waals surface area contributed by atoms with Gasteiger partial charge in [-0.15, -0.1) is 0 Å². The number of rotatable bonds is 2. The van der Waals surface area contributed by atoms with Crippen LogP contribution in [0.1, 0.15) is 11.1 Å². The van der Waals surface area contributed by atoms with Crippen molar-refractivity contribution >= 4 is 29.3 Å². The van der Waals surface area contributed by atoms with Crippen LogP contribution in [0.15, 0.2) is 58.4 Å². The normalized spacial score (nSPS) is 11.3. The molecule has 0 saturated heterocycles. The summed E-state index contributed by atoms with van der Waals surface area (Å²) < 4.78 is 1.49. The first-order chi connectivity index (χ1) is 10.2. The van der Waals surface area contributed by atoms with Gasteiger partial charge in [-0.2, -0.15) is 9.78 Å². The number of hydrogen-bond donors (Lipinski definition) is 1. The molecule has 4 nitrogen and oxygen atoms in total. The lowest BCUT2D eigenvalue weighted by atomic mass is 10.1. The van der Waals surface area contributed by atoms with Gasteiger partial charge < -0.3 is 4.98 Å². The molecule has 104 valence electrons. The minimum atomic E-state index is -0.223. The average molecular weight is 295 g/mol. The Morgan fingerprint density at radius 2 is 1.86 bits per heavy atom. The highest BCUT2D eigenvalue weighted by molar-refractivity contribution is 7.71. The minimum Gasteiger partial charge on any atom is -0.330 e. The molecule has 1 N–H and O–H groups in total. The molecule has 3 rings (SSSR count). The number of nitrogens with zero attached hydrogens (tertiary/aromatic N) is 2. The van der Waals surface area contributed by atoms with E-state index in [0.29, 0.717) is 5.39 Å². The Bertz CT molecular complexity index is 953. The van der Waals surface area contributed by atoms with Crippen LogP contribution in [0, 0.1) is 11.7 Å². The summed E-state index contributed by atoms with van der Waals surface area (Å²) in [6.07, 6.45) is 1.65. The second-order valence-corrected chi connectivity index (χ2v) is 5.08. The van der Waals surface area contributed by atoms with Crippen LogP contribution >= 0.6 is 12.2 Å². The van der Waals surface area contributed by atoms with Crippen molar-refractivity contribution < 1.29 is 0 Å². The van der Waals surface area contributed by atoms with E-state index in [1.807, 2.05) is 49.4 Å². The zero-order valence-corrected chi connectivity index (χ0v) is 12.2. The number of fused-ring (bicyclic) bond motifs is 1. The fourth-order valence-electron chi connectivity index (χ4n) is 2.11. The molecule has 0 aliphatic carbocycles. The fourth-order valence-corrected chi connectivity index (χ4v) is 2.35. The van der Waals surface area contributed by atoms with Gasteiger partial charge in [0.1, 0.15) is 0 Å². The lowest BCUT2D eigenvalue weighted by Gasteiger charge is -2.03. The van der Waals surface area contributed by atoms with Gasteiger partial charge in [0, 0.05) is 0 Å². The van der Waals surface area contributed by atoms with Gasteiger partial charge in [0.2, 0.25) is 4.77 Å². The summed E-state index contributed by atoms with van der Waals surface area (Å²) in [4.78, 5) is 15.4. The van der Waals surface area contributed by atoms with E-state index in [2.05, 4.69) is 10.1 Å². The van der Waals surface area contributed by atoms with E-state index in [4.69, 9.17) is 12.2 Å². The van der Waals surface area contributed by atoms with Gasteiger partial charge >= 0.3 is 0 Å². The van der Waals surface area contributed by atoms with E-state index in [9.17, 15) is 4.79 Å². The molecule has 0 unspecified atom stereocenters. The third-order valence-corrected chi connectivity index (χ3v) is 3.56. The molecule has 2 aromatic carbocycles. The summed E-state index contributed by atoms with van der Waals surface area (Å²) in [5, 5.41) is 4.79. The fraction of sp³-hybridized carbons (Fsp3) is 0.0625. The standard InChI is InChI=1S/C16H13N3OS/c1-11-6-2-3-7-12(11)10-17-19-15(20)13-8-4-5-9-14(13)18-16(19)21/h2-10H,1H3,(H,18,21)/b17-10+. The molecule has 0 atom stereocenters. The molecular formula is C16H13N3OS. The maximum absolute atomic E-state index is 12.4. The summed E-state index contributed by atoms with van der Waals surface area (Å²) in [6, 6.07) is 15.1. The van der Waals surface area contributed by atoms with Crippen molar-refractivity contribution in [3.63, 3.8) is 0 Å². The first-order valence-electron chi connectivity index (χ1n) is 6.51. The van der Waals surface area contributed by atoms with Crippen molar-refractivity contribution in [1.82, 2.24) is 9.66 Å². The van der Waals surface area contributed by atoms with Gasteiger partial charge in [0.15, 0.2) is 0 Å². The zero-order chi connectivity index (χ0) is 14.8. The van der Waals surface area contributed by atoms with E-state index >= 15 is 0 Å². The van der Waals surface area contributed by atoms with Crippen molar-refractivity contribution in [3.8, 4) is 0 Å². The van der Waals surface area contributed by atoms with Crippen molar-refractivity contribution in [2.24, 2.45) is 5.10 Å². The minimum absolute atomic E-state index is 0.223. The van der Waals surface area contributed by atoms with Crippen LogP contribution < -0.4 is 5.56 Å². The van der Waals surface area contributed by atoms with Crippen molar-refractivity contribution in [3.05, 3.63) is 74.8 Å². The molecular weight excluding hydrogens is 282 g/mol. The molecule has 5 heteroatoms. The maximum atomic E-state index is 12.4. The number of hydrogen-bond acceptors (Lipinski definition) is 3. The van der Waals surface area contributed by atoms with E-state index in [1.54, 1.807) is 12.3 Å². The highest BCUT2D eigenvalue weighted by Crippen LogP contribution is 2.07. The third kappa shape index (κ3) is 2.55. The van der Waals surface area contributed by atoms with Crippen LogP contribution in [0.5, 0.6) is 0 Å². The molecule has 0 fully saturated rings. The van der Waals surface area contributed by atoms with Crippen LogP contribution in [-0.2, 0) is 0 Å². The summed E-state index contributed by atoms with van der Waals surface area (Å²) in [6.45, 7) is 1.99. The Morgan fingerprint density at radius 3 is 2.67 bits per heavy atom.